The summed E-state index contributed by atoms with van der Waals surface area (Å²) in [4.78, 5) is 9.91. The molecule has 1 aromatic carbocycles. The Morgan fingerprint density at radius 3 is 2.88 bits per heavy atom. The smallest absolute Gasteiger partial charge is 0.144 e. The van der Waals surface area contributed by atoms with E-state index in [2.05, 4.69) is 15.2 Å². The predicted molar refractivity (Wildman–Crippen MR) is 96.4 cm³/mol. The lowest BCUT2D eigenvalue weighted by Gasteiger charge is -2.07. The van der Waals surface area contributed by atoms with Crippen molar-refractivity contribution in [1.29, 1.82) is 0 Å². The van der Waals surface area contributed by atoms with Gasteiger partial charge in [0.05, 0.1) is 23.5 Å². The topological polar surface area (TPSA) is 52.3 Å². The van der Waals surface area contributed by atoms with Crippen LogP contribution in [0.1, 0.15) is 23.9 Å². The van der Waals surface area contributed by atoms with Crippen LogP contribution in [0.3, 0.4) is 0 Å². The van der Waals surface area contributed by atoms with Gasteiger partial charge in [-0.1, -0.05) is 22.8 Å². The minimum atomic E-state index is 0.346. The average molecular weight is 343 g/mol. The fourth-order valence-electron chi connectivity index (χ4n) is 2.61. The van der Waals surface area contributed by atoms with E-state index in [0.29, 0.717) is 18.2 Å². The number of hydrogen-bond acceptors (Lipinski definition) is 4. The van der Waals surface area contributed by atoms with Crippen molar-refractivity contribution in [1.82, 2.24) is 14.8 Å². The van der Waals surface area contributed by atoms with E-state index in [-0.39, 0.29) is 0 Å². The fourth-order valence-corrected chi connectivity index (χ4v) is 2.82. The van der Waals surface area contributed by atoms with Crippen LogP contribution in [-0.2, 0) is 18.0 Å². The Morgan fingerprint density at radius 2 is 2.12 bits per heavy atom. The summed E-state index contributed by atoms with van der Waals surface area (Å²) in [6.45, 7) is 6.89. The molecular formula is C18H19ClN4O. The number of rotatable bonds is 5. The molecule has 0 saturated heterocycles. The Hall–Kier alpha value is -2.40. The molecule has 0 spiro atoms. The first-order chi connectivity index (χ1) is 11.5. The van der Waals surface area contributed by atoms with E-state index >= 15 is 0 Å². The highest BCUT2D eigenvalue weighted by atomic mass is 35.5. The molecule has 24 heavy (non-hydrogen) atoms. The van der Waals surface area contributed by atoms with Crippen LogP contribution in [0, 0.1) is 13.8 Å². The van der Waals surface area contributed by atoms with Gasteiger partial charge >= 0.3 is 0 Å². The zero-order valence-electron chi connectivity index (χ0n) is 14.0. The molecule has 5 nitrogen and oxygen atoms in total. The molecule has 0 fully saturated rings. The van der Waals surface area contributed by atoms with Crippen LogP contribution in [0.5, 0.6) is 0 Å². The number of halogens is 1. The quantitative estimate of drug-likeness (QED) is 0.513. The SMILES string of the molecule is C/C(Cn1nc(C)cc1C)=N\OCc1ccc(Cl)c2cccnc12. The van der Waals surface area contributed by atoms with Crippen LogP contribution < -0.4 is 0 Å². The summed E-state index contributed by atoms with van der Waals surface area (Å²) in [6, 6.07) is 9.64. The Morgan fingerprint density at radius 1 is 1.29 bits per heavy atom. The highest BCUT2D eigenvalue weighted by molar-refractivity contribution is 6.35. The lowest BCUT2D eigenvalue weighted by molar-refractivity contribution is 0.130. The van der Waals surface area contributed by atoms with Gasteiger partial charge in [-0.25, -0.2) is 0 Å². The average Bonchev–Trinajstić information content (AvgIpc) is 2.87. The van der Waals surface area contributed by atoms with Crippen molar-refractivity contribution in [3.05, 3.63) is 58.5 Å². The highest BCUT2D eigenvalue weighted by Crippen LogP contribution is 2.25. The second-order valence-corrected chi connectivity index (χ2v) is 6.20. The zero-order valence-corrected chi connectivity index (χ0v) is 14.7. The van der Waals surface area contributed by atoms with Crippen LogP contribution >= 0.6 is 11.6 Å². The third-order valence-electron chi connectivity index (χ3n) is 3.72. The van der Waals surface area contributed by atoms with E-state index in [1.54, 1.807) is 6.20 Å². The lowest BCUT2D eigenvalue weighted by atomic mass is 10.1. The monoisotopic (exact) mass is 342 g/mol. The Balaban J connectivity index is 1.70. The minimum absolute atomic E-state index is 0.346. The number of aryl methyl sites for hydroxylation is 2. The van der Waals surface area contributed by atoms with Crippen LogP contribution in [0.2, 0.25) is 5.02 Å². The van der Waals surface area contributed by atoms with Gasteiger partial charge < -0.3 is 4.84 Å². The number of pyridine rings is 1. The van der Waals surface area contributed by atoms with Gasteiger partial charge in [-0.15, -0.1) is 0 Å². The Kier molecular flexibility index (Phi) is 4.81. The summed E-state index contributed by atoms with van der Waals surface area (Å²) in [5, 5.41) is 10.2. The molecule has 3 aromatic rings. The number of oxime groups is 1. The number of aromatic nitrogens is 3. The summed E-state index contributed by atoms with van der Waals surface area (Å²) in [5.74, 6) is 0. The van der Waals surface area contributed by atoms with Gasteiger partial charge in [0.2, 0.25) is 0 Å². The molecule has 0 aliphatic heterocycles. The molecule has 0 amide bonds. The molecule has 0 saturated carbocycles. The van der Waals surface area contributed by atoms with Crippen molar-refractivity contribution in [3.63, 3.8) is 0 Å². The van der Waals surface area contributed by atoms with E-state index in [4.69, 9.17) is 16.4 Å². The van der Waals surface area contributed by atoms with Crippen LogP contribution in [0.4, 0.5) is 0 Å². The van der Waals surface area contributed by atoms with Gasteiger partial charge in [-0.3, -0.25) is 9.67 Å². The second kappa shape index (κ2) is 7.01. The molecule has 0 unspecified atom stereocenters. The third kappa shape index (κ3) is 3.57. The van der Waals surface area contributed by atoms with Crippen molar-refractivity contribution in [2.75, 3.05) is 0 Å². The lowest BCUT2D eigenvalue weighted by Crippen LogP contribution is -2.10. The molecule has 3 rings (SSSR count). The fraction of sp³-hybridized carbons (Fsp3) is 0.278. The molecular weight excluding hydrogens is 324 g/mol. The molecule has 0 radical (unpaired) electrons. The van der Waals surface area contributed by atoms with Crippen molar-refractivity contribution >= 4 is 28.2 Å². The number of fused-ring (bicyclic) bond motifs is 1. The van der Waals surface area contributed by atoms with Gasteiger partial charge in [0.1, 0.15) is 6.61 Å². The molecule has 0 aliphatic rings. The van der Waals surface area contributed by atoms with Gasteiger partial charge in [-0.2, -0.15) is 5.10 Å². The maximum absolute atomic E-state index is 6.20. The molecule has 2 aromatic heterocycles. The summed E-state index contributed by atoms with van der Waals surface area (Å²) in [6.07, 6.45) is 1.75. The van der Waals surface area contributed by atoms with Crippen LogP contribution in [0.25, 0.3) is 10.9 Å². The standard InChI is InChI=1S/C18H19ClN4O/c1-12-9-14(3)23(21-12)10-13(2)22-24-11-15-6-7-17(19)16-5-4-8-20-18(15)16/h4-9H,10-11H2,1-3H3/b22-13+. The highest BCUT2D eigenvalue weighted by Gasteiger charge is 2.07. The van der Waals surface area contributed by atoms with Gasteiger partial charge in [0, 0.05) is 27.9 Å². The normalized spacial score (nSPS) is 11.9. The first-order valence-electron chi connectivity index (χ1n) is 7.73. The van der Waals surface area contributed by atoms with E-state index in [1.807, 2.05) is 55.8 Å². The molecule has 0 N–H and O–H groups in total. The number of hydrogen-bond donors (Lipinski definition) is 0. The van der Waals surface area contributed by atoms with Gasteiger partial charge in [0.25, 0.3) is 0 Å². The molecule has 0 bridgehead atoms. The Bertz CT molecular complexity index is 901. The number of benzene rings is 1. The van der Waals surface area contributed by atoms with Crippen molar-refractivity contribution in [3.8, 4) is 0 Å². The summed E-state index contributed by atoms with van der Waals surface area (Å²) in [5.41, 5.74) is 4.76. The maximum Gasteiger partial charge on any atom is 0.144 e. The maximum atomic E-state index is 6.20. The third-order valence-corrected chi connectivity index (χ3v) is 4.05. The first-order valence-corrected chi connectivity index (χ1v) is 8.11. The molecule has 0 aliphatic carbocycles. The zero-order chi connectivity index (χ0) is 17.1. The van der Waals surface area contributed by atoms with Crippen molar-refractivity contribution < 1.29 is 4.84 Å². The summed E-state index contributed by atoms with van der Waals surface area (Å²) >= 11 is 6.20. The summed E-state index contributed by atoms with van der Waals surface area (Å²) < 4.78 is 1.91. The van der Waals surface area contributed by atoms with E-state index in [0.717, 1.165) is 33.6 Å². The van der Waals surface area contributed by atoms with Crippen molar-refractivity contribution in [2.24, 2.45) is 5.16 Å². The van der Waals surface area contributed by atoms with E-state index in [9.17, 15) is 0 Å². The van der Waals surface area contributed by atoms with E-state index in [1.165, 1.54) is 0 Å². The van der Waals surface area contributed by atoms with Crippen molar-refractivity contribution in [2.45, 2.75) is 33.9 Å². The second-order valence-electron chi connectivity index (χ2n) is 5.79. The molecule has 0 atom stereocenters. The van der Waals surface area contributed by atoms with Crippen LogP contribution in [0.15, 0.2) is 41.7 Å². The van der Waals surface area contributed by atoms with Gasteiger partial charge in [-0.05, 0) is 45.0 Å². The molecule has 124 valence electrons. The van der Waals surface area contributed by atoms with Gasteiger partial charge in [0.15, 0.2) is 0 Å². The number of nitrogens with zero attached hydrogens (tertiary/aromatic N) is 4. The summed E-state index contributed by atoms with van der Waals surface area (Å²) in [7, 11) is 0. The Labute approximate surface area is 145 Å². The van der Waals surface area contributed by atoms with Crippen LogP contribution in [-0.4, -0.2) is 20.5 Å². The largest absolute Gasteiger partial charge is 0.391 e. The molecule has 6 heteroatoms. The minimum Gasteiger partial charge on any atom is -0.391 e. The van der Waals surface area contributed by atoms with E-state index < -0.39 is 0 Å². The molecule has 2 heterocycles. The predicted octanol–water partition coefficient (Wildman–Crippen LogP) is 4.29. The first kappa shape index (κ1) is 16.5.